The summed E-state index contributed by atoms with van der Waals surface area (Å²) in [7, 11) is 0. The summed E-state index contributed by atoms with van der Waals surface area (Å²) in [5.74, 6) is 3.16. The molecule has 362 valence electrons. The minimum atomic E-state index is -4.93. The molecule has 0 bridgehead atoms. The smallest absolute Gasteiger partial charge is 0.416 e. The number of alkyl halides is 6. The number of hydrogen-bond acceptors (Lipinski definition) is 4. The number of phenols is 1. The first-order valence-corrected chi connectivity index (χ1v) is 20.0. The van der Waals surface area contributed by atoms with Gasteiger partial charge in [-0.25, -0.2) is 0 Å². The molecule has 63 heavy (non-hydrogen) atoms. The highest BCUT2D eigenvalue weighted by atomic mass is 19.4. The molecule has 1 aliphatic rings. The zero-order chi connectivity index (χ0) is 42.5. The van der Waals surface area contributed by atoms with Gasteiger partial charge in [0, 0.05) is 0 Å². The summed E-state index contributed by atoms with van der Waals surface area (Å²) in [6.07, 6.45) is -5.47. The third-order valence-corrected chi connectivity index (χ3v) is 10.8. The number of hydrogen-bond donors (Lipinski definition) is 1. The molecule has 4 aromatic rings. The van der Waals surface area contributed by atoms with E-state index in [0.717, 1.165) is 48.6 Å². The molecule has 0 aromatic heterocycles. The predicted octanol–water partition coefficient (Wildman–Crippen LogP) is 17.9. The van der Waals surface area contributed by atoms with Gasteiger partial charge in [0.2, 0.25) is 0 Å². The molecule has 0 spiro atoms. The van der Waals surface area contributed by atoms with Crippen LogP contribution in [0.1, 0.15) is 182 Å². The Balaban J connectivity index is -0.000000479. The maximum atomic E-state index is 12.9. The molecule has 1 aliphatic carbocycles. The van der Waals surface area contributed by atoms with Crippen molar-refractivity contribution in [1.29, 1.82) is 0 Å². The van der Waals surface area contributed by atoms with E-state index in [9.17, 15) is 31.4 Å². The van der Waals surface area contributed by atoms with E-state index in [1.54, 1.807) is 24.1 Å². The van der Waals surface area contributed by atoms with E-state index in [2.05, 4.69) is 84.9 Å². The Labute approximate surface area is 379 Å². The van der Waals surface area contributed by atoms with Gasteiger partial charge in [-0.15, -0.1) is 0 Å². The normalized spacial score (nSPS) is 15.0. The summed E-state index contributed by atoms with van der Waals surface area (Å²) < 4.78 is 93.9. The SMILES string of the molecule is C.C.C.C.C.C.CC1Cc2ccccc2C1C.CCc1cc(C(C)CC)ccc1O.CCc1cc(C(C)CC)ccc1OC(C)OCCOc1cc(C(F)(F)F)cc(C(F)(F)F)c1. The number of aromatic hydroxyl groups is 1. The minimum absolute atomic E-state index is 0. The summed E-state index contributed by atoms with van der Waals surface area (Å²) in [4.78, 5) is 0. The fourth-order valence-electron chi connectivity index (χ4n) is 6.55. The van der Waals surface area contributed by atoms with Gasteiger partial charge in [0.1, 0.15) is 23.9 Å². The third kappa shape index (κ3) is 19.6. The molecule has 0 heterocycles. The van der Waals surface area contributed by atoms with Gasteiger partial charge in [-0.1, -0.05) is 148 Å². The van der Waals surface area contributed by atoms with Crippen LogP contribution in [0.4, 0.5) is 26.3 Å². The van der Waals surface area contributed by atoms with Crippen molar-refractivity contribution in [2.24, 2.45) is 5.92 Å². The van der Waals surface area contributed by atoms with Crippen molar-refractivity contribution in [3.63, 3.8) is 0 Å². The van der Waals surface area contributed by atoms with Gasteiger partial charge in [0.15, 0.2) is 6.29 Å². The van der Waals surface area contributed by atoms with Gasteiger partial charge in [-0.05, 0) is 126 Å². The summed E-state index contributed by atoms with van der Waals surface area (Å²) in [6, 6.07) is 21.8. The highest BCUT2D eigenvalue weighted by Crippen LogP contribution is 2.39. The molecule has 5 atom stereocenters. The molecular weight excluding hydrogens is 815 g/mol. The fourth-order valence-corrected chi connectivity index (χ4v) is 6.55. The third-order valence-electron chi connectivity index (χ3n) is 10.8. The highest BCUT2D eigenvalue weighted by Gasteiger charge is 2.37. The average molecular weight is 899 g/mol. The molecule has 0 amide bonds. The molecule has 0 radical (unpaired) electrons. The van der Waals surface area contributed by atoms with E-state index in [1.165, 1.54) is 17.5 Å². The summed E-state index contributed by atoms with van der Waals surface area (Å²) in [5, 5.41) is 9.49. The zero-order valence-electron chi connectivity index (χ0n) is 34.8. The van der Waals surface area contributed by atoms with E-state index < -0.39 is 35.5 Å². The second-order valence-electron chi connectivity index (χ2n) is 14.9. The first kappa shape index (κ1) is 65.4. The molecule has 10 heteroatoms. The molecule has 0 saturated carbocycles. The van der Waals surface area contributed by atoms with Gasteiger partial charge in [-0.2, -0.15) is 26.3 Å². The van der Waals surface area contributed by atoms with Gasteiger partial charge < -0.3 is 19.3 Å². The molecule has 0 fully saturated rings. The number of benzene rings is 4. The van der Waals surface area contributed by atoms with Crippen molar-refractivity contribution in [3.05, 3.63) is 123 Å². The zero-order valence-corrected chi connectivity index (χ0v) is 34.8. The Morgan fingerprint density at radius 1 is 0.635 bits per heavy atom. The van der Waals surface area contributed by atoms with E-state index >= 15 is 0 Å². The second-order valence-corrected chi connectivity index (χ2v) is 14.9. The lowest BCUT2D eigenvalue weighted by molar-refractivity contribution is -0.143. The first-order valence-electron chi connectivity index (χ1n) is 20.0. The van der Waals surface area contributed by atoms with Gasteiger partial charge >= 0.3 is 12.4 Å². The molecule has 4 nitrogen and oxygen atoms in total. The topological polar surface area (TPSA) is 47.9 Å². The summed E-state index contributed by atoms with van der Waals surface area (Å²) in [5.41, 5.74) is 4.88. The fraction of sp³-hybridized carbons (Fsp3) is 0.547. The lowest BCUT2D eigenvalue weighted by Crippen LogP contribution is -2.20. The van der Waals surface area contributed by atoms with Crippen molar-refractivity contribution in [1.82, 2.24) is 0 Å². The molecule has 0 aliphatic heterocycles. The summed E-state index contributed by atoms with van der Waals surface area (Å²) >= 11 is 0. The number of rotatable bonds is 13. The number of aryl methyl sites for hydroxylation is 2. The lowest BCUT2D eigenvalue weighted by atomic mass is 9.96. The Hall–Kier alpha value is -4.18. The Kier molecular flexibility index (Phi) is 31.2. The largest absolute Gasteiger partial charge is 0.508 e. The van der Waals surface area contributed by atoms with Crippen LogP contribution in [-0.2, 0) is 36.4 Å². The molecule has 0 saturated heterocycles. The van der Waals surface area contributed by atoms with Crippen LogP contribution in [0.25, 0.3) is 0 Å². The van der Waals surface area contributed by atoms with Crippen molar-refractivity contribution in [2.45, 2.75) is 175 Å². The number of fused-ring (bicyclic) bond motifs is 1. The average Bonchev–Trinajstić information content (AvgIpc) is 3.48. The molecule has 5 rings (SSSR count). The summed E-state index contributed by atoms with van der Waals surface area (Å²) in [6.45, 7) is 18.7. The monoisotopic (exact) mass is 899 g/mol. The standard InChI is InChI=1S/C24H28F6O3.C12H18O.C11H14.6CH4/c1-5-15(3)18-7-8-22(17(6-2)11-18)33-16(4)31-9-10-32-21-13-19(23(25,26)27)12-20(14-21)24(28,29)30;1-4-9(3)11-6-7-12(13)10(5-2)8-11;1-8-7-10-5-3-4-6-11(10)9(8)2;;;;;;/h7-8,11-16H,5-6,9-10H2,1-4H3;6-9,13H,4-5H2,1-3H3;3-6,8-9H,7H2,1-2H3;6*1H4. The predicted molar refractivity (Wildman–Crippen MR) is 257 cm³/mol. The van der Waals surface area contributed by atoms with Crippen LogP contribution in [0.5, 0.6) is 17.2 Å². The maximum Gasteiger partial charge on any atom is 0.416 e. The van der Waals surface area contributed by atoms with Crippen LogP contribution in [0, 0.1) is 5.92 Å². The van der Waals surface area contributed by atoms with Crippen LogP contribution in [0.2, 0.25) is 0 Å². The quantitative estimate of drug-likeness (QED) is 0.0825. The number of halogens is 6. The van der Waals surface area contributed by atoms with E-state index in [4.69, 9.17) is 14.2 Å². The Morgan fingerprint density at radius 3 is 1.60 bits per heavy atom. The molecular formula is C53H84F6O4. The van der Waals surface area contributed by atoms with Crippen molar-refractivity contribution in [2.75, 3.05) is 13.2 Å². The van der Waals surface area contributed by atoms with Crippen LogP contribution >= 0.6 is 0 Å². The van der Waals surface area contributed by atoms with Gasteiger partial charge in [-0.3, -0.25) is 0 Å². The number of phenolic OH excluding ortho intramolecular Hbond substituents is 1. The van der Waals surface area contributed by atoms with Crippen molar-refractivity contribution >= 4 is 0 Å². The lowest BCUT2D eigenvalue weighted by Gasteiger charge is -2.20. The van der Waals surface area contributed by atoms with Crippen LogP contribution < -0.4 is 9.47 Å². The van der Waals surface area contributed by atoms with Crippen molar-refractivity contribution in [3.8, 4) is 17.2 Å². The minimum Gasteiger partial charge on any atom is -0.508 e. The molecule has 4 aromatic carbocycles. The van der Waals surface area contributed by atoms with E-state index in [-0.39, 0.29) is 63.8 Å². The molecule has 1 N–H and O–H groups in total. The highest BCUT2D eigenvalue weighted by molar-refractivity contribution is 5.40. The van der Waals surface area contributed by atoms with Gasteiger partial charge in [0.25, 0.3) is 0 Å². The van der Waals surface area contributed by atoms with Crippen LogP contribution in [-0.4, -0.2) is 24.6 Å². The second kappa shape index (κ2) is 30.0. The van der Waals surface area contributed by atoms with Crippen LogP contribution in [0.15, 0.2) is 78.9 Å². The van der Waals surface area contributed by atoms with E-state index in [1.807, 2.05) is 25.1 Å². The molecule has 5 unspecified atom stereocenters. The Bertz CT molecular complexity index is 1810. The van der Waals surface area contributed by atoms with E-state index in [0.29, 0.717) is 35.5 Å². The first-order chi connectivity index (χ1) is 26.8. The maximum absolute atomic E-state index is 12.9. The number of ether oxygens (including phenoxy) is 3. The van der Waals surface area contributed by atoms with Crippen LogP contribution in [0.3, 0.4) is 0 Å². The van der Waals surface area contributed by atoms with Crippen molar-refractivity contribution < 1.29 is 45.7 Å². The van der Waals surface area contributed by atoms with Gasteiger partial charge in [0.05, 0.1) is 17.7 Å². The Morgan fingerprint density at radius 2 is 1.13 bits per heavy atom.